The summed E-state index contributed by atoms with van der Waals surface area (Å²) in [7, 11) is 0. The van der Waals surface area contributed by atoms with E-state index in [1.807, 2.05) is 5.38 Å². The highest BCUT2D eigenvalue weighted by Crippen LogP contribution is 2.09. The highest BCUT2D eigenvalue weighted by Gasteiger charge is 2.10. The van der Waals surface area contributed by atoms with Gasteiger partial charge in [0, 0.05) is 11.9 Å². The van der Waals surface area contributed by atoms with Crippen molar-refractivity contribution >= 4 is 17.3 Å². The number of nitrogens with one attached hydrogen (secondary N) is 1. The summed E-state index contributed by atoms with van der Waals surface area (Å²) in [5, 5.41) is 14.6. The van der Waals surface area contributed by atoms with Gasteiger partial charge in [-0.1, -0.05) is 6.92 Å². The first-order chi connectivity index (χ1) is 6.63. The number of carboxylic acid groups (broad SMARTS) is 1. The summed E-state index contributed by atoms with van der Waals surface area (Å²) in [4.78, 5) is 14.8. The van der Waals surface area contributed by atoms with Crippen molar-refractivity contribution in [1.82, 2.24) is 10.3 Å². The molecule has 0 aliphatic carbocycles. The van der Waals surface area contributed by atoms with Gasteiger partial charge < -0.3 is 5.11 Å². The Morgan fingerprint density at radius 2 is 2.50 bits per heavy atom. The fourth-order valence-electron chi connectivity index (χ4n) is 0.937. The normalized spacial score (nSPS) is 12.7. The first-order valence-electron chi connectivity index (χ1n) is 4.53. The van der Waals surface area contributed by atoms with E-state index in [2.05, 4.69) is 17.2 Å². The van der Waals surface area contributed by atoms with Gasteiger partial charge in [0.15, 0.2) is 0 Å². The quantitative estimate of drug-likeness (QED) is 0.774. The van der Waals surface area contributed by atoms with Crippen molar-refractivity contribution in [2.75, 3.05) is 0 Å². The molecule has 0 unspecified atom stereocenters. The Morgan fingerprint density at radius 3 is 3.00 bits per heavy atom. The SMILES string of the molecule is CCc1nc(CN[C@H](C)C(=O)O)cs1. The van der Waals surface area contributed by atoms with Crippen molar-refractivity contribution < 1.29 is 9.90 Å². The Morgan fingerprint density at radius 1 is 1.79 bits per heavy atom. The van der Waals surface area contributed by atoms with Crippen LogP contribution in [0, 0.1) is 0 Å². The number of aliphatic carboxylic acids is 1. The van der Waals surface area contributed by atoms with Crippen molar-refractivity contribution in [2.45, 2.75) is 32.9 Å². The van der Waals surface area contributed by atoms with E-state index in [4.69, 9.17) is 5.11 Å². The van der Waals surface area contributed by atoms with E-state index in [-0.39, 0.29) is 0 Å². The van der Waals surface area contributed by atoms with Gasteiger partial charge in [0.2, 0.25) is 0 Å². The zero-order valence-corrected chi connectivity index (χ0v) is 9.10. The van der Waals surface area contributed by atoms with Crippen LogP contribution in [0.25, 0.3) is 0 Å². The van der Waals surface area contributed by atoms with Crippen molar-refractivity contribution in [1.29, 1.82) is 0 Å². The van der Waals surface area contributed by atoms with E-state index >= 15 is 0 Å². The van der Waals surface area contributed by atoms with Crippen LogP contribution in [0.1, 0.15) is 24.5 Å². The van der Waals surface area contributed by atoms with Crippen molar-refractivity contribution in [3.05, 3.63) is 16.1 Å². The van der Waals surface area contributed by atoms with Gasteiger partial charge in [-0.15, -0.1) is 11.3 Å². The molecule has 1 atom stereocenters. The number of carboxylic acids is 1. The molecular weight excluding hydrogens is 200 g/mol. The molecule has 78 valence electrons. The van der Waals surface area contributed by atoms with Crippen LogP contribution in [0.2, 0.25) is 0 Å². The van der Waals surface area contributed by atoms with Gasteiger partial charge in [-0.2, -0.15) is 0 Å². The minimum absolute atomic E-state index is 0.518. The Hall–Kier alpha value is -0.940. The number of rotatable bonds is 5. The molecule has 0 fully saturated rings. The summed E-state index contributed by atoms with van der Waals surface area (Å²) in [6, 6.07) is -0.526. The molecule has 2 N–H and O–H groups in total. The van der Waals surface area contributed by atoms with Crippen LogP contribution >= 0.6 is 11.3 Å². The fourth-order valence-corrected chi connectivity index (χ4v) is 1.68. The largest absolute Gasteiger partial charge is 0.480 e. The van der Waals surface area contributed by atoms with E-state index in [9.17, 15) is 4.79 Å². The molecule has 4 nitrogen and oxygen atoms in total. The Kier molecular flexibility index (Phi) is 4.03. The Balaban J connectivity index is 2.41. The first-order valence-corrected chi connectivity index (χ1v) is 5.41. The van der Waals surface area contributed by atoms with Gasteiger partial charge in [-0.05, 0) is 13.3 Å². The second-order valence-electron chi connectivity index (χ2n) is 3.03. The standard InChI is InChI=1S/C9H14N2O2S/c1-3-8-11-7(5-14-8)4-10-6(2)9(12)13/h5-6,10H,3-4H2,1-2H3,(H,12,13)/t6-/m1/s1. The number of hydrogen-bond donors (Lipinski definition) is 2. The summed E-state index contributed by atoms with van der Waals surface area (Å²) in [5.41, 5.74) is 0.917. The maximum Gasteiger partial charge on any atom is 0.320 e. The van der Waals surface area contributed by atoms with Crippen LogP contribution in [0.4, 0.5) is 0 Å². The third kappa shape index (κ3) is 3.08. The lowest BCUT2D eigenvalue weighted by Gasteiger charge is -2.06. The molecule has 1 rings (SSSR count). The second kappa shape index (κ2) is 5.07. The molecule has 0 bridgehead atoms. The Bertz CT molecular complexity index is 312. The maximum atomic E-state index is 10.5. The van der Waals surface area contributed by atoms with Crippen LogP contribution in [0.15, 0.2) is 5.38 Å². The lowest BCUT2D eigenvalue weighted by Crippen LogP contribution is -2.33. The van der Waals surface area contributed by atoms with E-state index in [0.717, 1.165) is 17.1 Å². The molecule has 1 aromatic heterocycles. The summed E-state index contributed by atoms with van der Waals surface area (Å²) < 4.78 is 0. The van der Waals surface area contributed by atoms with E-state index in [0.29, 0.717) is 6.54 Å². The van der Waals surface area contributed by atoms with Crippen LogP contribution in [-0.2, 0) is 17.8 Å². The van der Waals surface area contributed by atoms with E-state index in [1.165, 1.54) is 0 Å². The van der Waals surface area contributed by atoms with Gasteiger partial charge >= 0.3 is 5.97 Å². The smallest absolute Gasteiger partial charge is 0.320 e. The molecule has 14 heavy (non-hydrogen) atoms. The van der Waals surface area contributed by atoms with Gasteiger partial charge in [0.1, 0.15) is 6.04 Å². The van der Waals surface area contributed by atoms with Crippen LogP contribution in [0.3, 0.4) is 0 Å². The molecule has 1 aromatic rings. The van der Waals surface area contributed by atoms with Crippen molar-refractivity contribution in [3.8, 4) is 0 Å². The molecule has 0 saturated carbocycles. The highest BCUT2D eigenvalue weighted by molar-refractivity contribution is 7.09. The predicted molar refractivity (Wildman–Crippen MR) is 55.4 cm³/mol. The summed E-state index contributed by atoms with van der Waals surface area (Å²) >= 11 is 1.61. The lowest BCUT2D eigenvalue weighted by atomic mass is 10.3. The van der Waals surface area contributed by atoms with Crippen LogP contribution in [0.5, 0.6) is 0 Å². The average molecular weight is 214 g/mol. The summed E-state index contributed by atoms with van der Waals surface area (Å²) in [5.74, 6) is -0.837. The molecule has 0 saturated heterocycles. The van der Waals surface area contributed by atoms with Crippen molar-refractivity contribution in [3.63, 3.8) is 0 Å². The molecule has 0 amide bonds. The van der Waals surface area contributed by atoms with Crippen LogP contribution in [-0.4, -0.2) is 22.1 Å². The van der Waals surface area contributed by atoms with Gasteiger partial charge in [-0.25, -0.2) is 4.98 Å². The van der Waals surface area contributed by atoms with Crippen LogP contribution < -0.4 is 5.32 Å². The third-order valence-electron chi connectivity index (χ3n) is 1.86. The fraction of sp³-hybridized carbons (Fsp3) is 0.556. The second-order valence-corrected chi connectivity index (χ2v) is 3.97. The van der Waals surface area contributed by atoms with Gasteiger partial charge in [-0.3, -0.25) is 10.1 Å². The number of thiazole rings is 1. The minimum Gasteiger partial charge on any atom is -0.480 e. The first kappa shape index (κ1) is 11.1. The number of nitrogens with zero attached hydrogens (tertiary/aromatic N) is 1. The minimum atomic E-state index is -0.837. The predicted octanol–water partition coefficient (Wildman–Crippen LogP) is 1.27. The molecule has 0 aromatic carbocycles. The summed E-state index contributed by atoms with van der Waals surface area (Å²) in [6.07, 6.45) is 0.930. The maximum absolute atomic E-state index is 10.5. The number of carbonyl (C=O) groups is 1. The molecule has 0 aliphatic heterocycles. The third-order valence-corrected chi connectivity index (χ3v) is 2.90. The molecular formula is C9H14N2O2S. The summed E-state index contributed by atoms with van der Waals surface area (Å²) in [6.45, 7) is 4.19. The zero-order chi connectivity index (χ0) is 10.6. The number of hydrogen-bond acceptors (Lipinski definition) is 4. The van der Waals surface area contributed by atoms with E-state index in [1.54, 1.807) is 18.3 Å². The highest BCUT2D eigenvalue weighted by atomic mass is 32.1. The monoisotopic (exact) mass is 214 g/mol. The molecule has 1 heterocycles. The molecule has 0 spiro atoms. The lowest BCUT2D eigenvalue weighted by molar-refractivity contribution is -0.139. The topological polar surface area (TPSA) is 62.2 Å². The average Bonchev–Trinajstić information content (AvgIpc) is 2.61. The van der Waals surface area contributed by atoms with E-state index < -0.39 is 12.0 Å². The zero-order valence-electron chi connectivity index (χ0n) is 8.28. The number of aryl methyl sites for hydroxylation is 1. The Labute approximate surface area is 87.0 Å². The van der Waals surface area contributed by atoms with Gasteiger partial charge in [0.25, 0.3) is 0 Å². The molecule has 0 radical (unpaired) electrons. The molecule has 5 heteroatoms. The van der Waals surface area contributed by atoms with Crippen molar-refractivity contribution in [2.24, 2.45) is 0 Å². The molecule has 0 aliphatic rings. The number of aromatic nitrogens is 1. The van der Waals surface area contributed by atoms with Gasteiger partial charge in [0.05, 0.1) is 10.7 Å².